The Morgan fingerprint density at radius 2 is 2.04 bits per heavy atom. The van der Waals surface area contributed by atoms with Crippen molar-refractivity contribution in [2.75, 3.05) is 13.1 Å². The summed E-state index contributed by atoms with van der Waals surface area (Å²) in [5, 5.41) is 11.1. The number of benzene rings is 1. The van der Waals surface area contributed by atoms with Gasteiger partial charge in [-0.25, -0.2) is 0 Å². The second kappa shape index (κ2) is 9.49. The minimum absolute atomic E-state index is 0.106. The highest BCUT2D eigenvalue weighted by molar-refractivity contribution is 8.26. The molecule has 1 aromatic rings. The smallest absolute Gasteiger partial charge is 0.305 e. The summed E-state index contributed by atoms with van der Waals surface area (Å²) in [5.41, 5.74) is 2.06. The normalized spacial score (nSPS) is 15.6. The van der Waals surface area contributed by atoms with Crippen LogP contribution in [0.15, 0.2) is 29.2 Å². The molecule has 138 valence electrons. The number of hydrogen-bond acceptors (Lipinski definition) is 5. The lowest BCUT2D eigenvalue weighted by molar-refractivity contribution is -0.137. The van der Waals surface area contributed by atoms with Crippen LogP contribution in [0.5, 0.6) is 0 Å². The Labute approximate surface area is 161 Å². The van der Waals surface area contributed by atoms with Gasteiger partial charge in [0.25, 0.3) is 5.91 Å². The lowest BCUT2D eigenvalue weighted by atomic mass is 10.1. The maximum absolute atomic E-state index is 12.5. The average molecular weight is 393 g/mol. The molecule has 6 nitrogen and oxygen atoms in total. The largest absolute Gasteiger partial charge is 0.481 e. The molecular weight excluding hydrogens is 372 g/mol. The van der Waals surface area contributed by atoms with Crippen molar-refractivity contribution >= 4 is 52.2 Å². The summed E-state index contributed by atoms with van der Waals surface area (Å²) in [6.45, 7) is 2.45. The number of nitrogens with one attached hydrogen (secondary N) is 1. The minimum atomic E-state index is -0.955. The third kappa shape index (κ3) is 5.67. The molecule has 1 heterocycles. The maximum Gasteiger partial charge on any atom is 0.305 e. The van der Waals surface area contributed by atoms with Gasteiger partial charge in [-0.05, 0) is 30.5 Å². The van der Waals surface area contributed by atoms with E-state index in [2.05, 4.69) is 5.32 Å². The standard InChI is InChI=1S/C18H20N2O4S2/c1-12-5-2-3-6-13(12)11-14-17(24)20(18(25)26-14)10-4-7-15(21)19-9-8-16(22)23/h2-3,5-6,11H,4,7-10H2,1H3,(H,19,21)(H,22,23)/b14-11-. The Bertz CT molecular complexity index is 761. The molecule has 1 fully saturated rings. The van der Waals surface area contributed by atoms with Crippen LogP contribution >= 0.6 is 24.0 Å². The molecular formula is C18H20N2O4S2. The molecule has 0 atom stereocenters. The Hall–Kier alpha value is -2.19. The number of carboxylic acid groups (broad SMARTS) is 1. The summed E-state index contributed by atoms with van der Waals surface area (Å²) < 4.78 is 0.487. The van der Waals surface area contributed by atoms with Crippen LogP contribution in [0.1, 0.15) is 30.4 Å². The van der Waals surface area contributed by atoms with Gasteiger partial charge in [0.2, 0.25) is 5.91 Å². The first-order valence-electron chi connectivity index (χ1n) is 8.18. The number of aliphatic carboxylic acids is 1. The van der Waals surface area contributed by atoms with E-state index < -0.39 is 5.97 Å². The van der Waals surface area contributed by atoms with Gasteiger partial charge >= 0.3 is 5.97 Å². The third-order valence-electron chi connectivity index (χ3n) is 3.80. The fourth-order valence-corrected chi connectivity index (χ4v) is 3.68. The van der Waals surface area contributed by atoms with Crippen molar-refractivity contribution < 1.29 is 19.5 Å². The van der Waals surface area contributed by atoms with Crippen LogP contribution in [0.4, 0.5) is 0 Å². The van der Waals surface area contributed by atoms with Crippen molar-refractivity contribution in [3.8, 4) is 0 Å². The summed E-state index contributed by atoms with van der Waals surface area (Å²) >= 11 is 6.55. The summed E-state index contributed by atoms with van der Waals surface area (Å²) in [4.78, 5) is 36.7. The lowest BCUT2D eigenvalue weighted by Crippen LogP contribution is -2.31. The monoisotopic (exact) mass is 392 g/mol. The first kappa shape index (κ1) is 20.1. The van der Waals surface area contributed by atoms with Gasteiger partial charge < -0.3 is 10.4 Å². The molecule has 2 amide bonds. The van der Waals surface area contributed by atoms with E-state index in [-0.39, 0.29) is 31.2 Å². The average Bonchev–Trinajstić information content (AvgIpc) is 2.84. The topological polar surface area (TPSA) is 86.7 Å². The molecule has 0 aromatic heterocycles. The van der Waals surface area contributed by atoms with E-state index in [9.17, 15) is 14.4 Å². The molecule has 0 saturated carbocycles. The molecule has 0 bridgehead atoms. The van der Waals surface area contributed by atoms with Crippen LogP contribution in [0.2, 0.25) is 0 Å². The number of hydrogen-bond donors (Lipinski definition) is 2. The van der Waals surface area contributed by atoms with E-state index in [1.54, 1.807) is 0 Å². The molecule has 2 N–H and O–H groups in total. The predicted molar refractivity (Wildman–Crippen MR) is 106 cm³/mol. The molecule has 0 radical (unpaired) electrons. The Morgan fingerprint density at radius 3 is 2.73 bits per heavy atom. The van der Waals surface area contributed by atoms with Crippen molar-refractivity contribution in [1.29, 1.82) is 0 Å². The third-order valence-corrected chi connectivity index (χ3v) is 5.17. The summed E-state index contributed by atoms with van der Waals surface area (Å²) in [6, 6.07) is 7.79. The van der Waals surface area contributed by atoms with Gasteiger partial charge in [-0.1, -0.05) is 48.2 Å². The Morgan fingerprint density at radius 1 is 1.31 bits per heavy atom. The molecule has 0 aliphatic carbocycles. The number of amides is 2. The number of thiocarbonyl (C=S) groups is 1. The second-order valence-corrected chi connectivity index (χ2v) is 7.46. The molecule has 1 aliphatic rings. The highest BCUT2D eigenvalue weighted by Gasteiger charge is 2.31. The van der Waals surface area contributed by atoms with Gasteiger partial charge in [-0.3, -0.25) is 19.3 Å². The van der Waals surface area contributed by atoms with Crippen LogP contribution in [0.3, 0.4) is 0 Å². The Kier molecular flexibility index (Phi) is 7.35. The predicted octanol–water partition coefficient (Wildman–Crippen LogP) is 2.57. The summed E-state index contributed by atoms with van der Waals surface area (Å²) in [7, 11) is 0. The summed E-state index contributed by atoms with van der Waals surface area (Å²) in [5.74, 6) is -1.33. The van der Waals surface area contributed by atoms with E-state index in [4.69, 9.17) is 17.3 Å². The van der Waals surface area contributed by atoms with Crippen LogP contribution in [0, 0.1) is 6.92 Å². The van der Waals surface area contributed by atoms with Gasteiger partial charge in [0.1, 0.15) is 4.32 Å². The number of carboxylic acids is 1. The number of nitrogens with zero attached hydrogens (tertiary/aromatic N) is 1. The van der Waals surface area contributed by atoms with Crippen LogP contribution in [-0.2, 0) is 14.4 Å². The molecule has 1 aromatic carbocycles. The number of thioether (sulfide) groups is 1. The van der Waals surface area contributed by atoms with Gasteiger partial charge in [-0.2, -0.15) is 0 Å². The van der Waals surface area contributed by atoms with Crippen LogP contribution < -0.4 is 5.32 Å². The van der Waals surface area contributed by atoms with E-state index in [0.717, 1.165) is 11.1 Å². The second-order valence-electron chi connectivity index (χ2n) is 5.79. The van der Waals surface area contributed by atoms with Crippen molar-refractivity contribution in [1.82, 2.24) is 10.2 Å². The molecule has 0 unspecified atom stereocenters. The zero-order valence-electron chi connectivity index (χ0n) is 14.4. The molecule has 0 spiro atoms. The van der Waals surface area contributed by atoms with Gasteiger partial charge in [0.15, 0.2) is 0 Å². The zero-order valence-corrected chi connectivity index (χ0v) is 16.0. The van der Waals surface area contributed by atoms with Gasteiger partial charge in [-0.15, -0.1) is 0 Å². The van der Waals surface area contributed by atoms with Gasteiger partial charge in [0, 0.05) is 19.5 Å². The van der Waals surface area contributed by atoms with Crippen LogP contribution in [-0.4, -0.2) is 45.2 Å². The quantitative estimate of drug-likeness (QED) is 0.522. The van der Waals surface area contributed by atoms with Crippen molar-refractivity contribution in [2.24, 2.45) is 0 Å². The van der Waals surface area contributed by atoms with E-state index >= 15 is 0 Å². The Balaban J connectivity index is 1.86. The molecule has 2 rings (SSSR count). The fourth-order valence-electron chi connectivity index (χ4n) is 2.38. The van der Waals surface area contributed by atoms with Crippen molar-refractivity contribution in [2.45, 2.75) is 26.2 Å². The zero-order chi connectivity index (χ0) is 19.1. The number of carbonyl (C=O) groups is 3. The lowest BCUT2D eigenvalue weighted by Gasteiger charge is -2.14. The maximum atomic E-state index is 12.5. The van der Waals surface area contributed by atoms with E-state index in [1.165, 1.54) is 16.7 Å². The molecule has 1 aliphatic heterocycles. The first-order valence-corrected chi connectivity index (χ1v) is 9.40. The van der Waals surface area contributed by atoms with Gasteiger partial charge in [0.05, 0.1) is 11.3 Å². The first-order chi connectivity index (χ1) is 12.4. The van der Waals surface area contributed by atoms with E-state index in [1.807, 2.05) is 37.3 Å². The minimum Gasteiger partial charge on any atom is -0.481 e. The fraction of sp³-hybridized carbons (Fsp3) is 0.333. The number of aryl methyl sites for hydroxylation is 1. The number of rotatable bonds is 8. The molecule has 1 saturated heterocycles. The van der Waals surface area contributed by atoms with Crippen molar-refractivity contribution in [3.63, 3.8) is 0 Å². The molecule has 8 heteroatoms. The van der Waals surface area contributed by atoms with E-state index in [0.29, 0.717) is 22.2 Å². The highest BCUT2D eigenvalue weighted by Crippen LogP contribution is 2.33. The van der Waals surface area contributed by atoms with Crippen molar-refractivity contribution in [3.05, 3.63) is 40.3 Å². The number of carbonyl (C=O) groups excluding carboxylic acids is 2. The molecule has 26 heavy (non-hydrogen) atoms. The summed E-state index contributed by atoms with van der Waals surface area (Å²) in [6.07, 6.45) is 2.41. The highest BCUT2D eigenvalue weighted by atomic mass is 32.2. The SMILES string of the molecule is Cc1ccccc1/C=C1\SC(=S)N(CCCC(=O)NCCC(=O)O)C1=O. The van der Waals surface area contributed by atoms with Crippen LogP contribution in [0.25, 0.3) is 6.08 Å².